The van der Waals surface area contributed by atoms with Crippen LogP contribution in [0.2, 0.25) is 0 Å². The highest BCUT2D eigenvalue weighted by molar-refractivity contribution is 5.63. The molecule has 0 aliphatic heterocycles. The standard InChI is InChI=1S/C22H27N3O/c1-14-17(21(2,3)4)12-16(13-18(14)22(5,6)7)20-24-19(25-26-20)15-8-10-23-11-9-15/h8-13H,1-7H3. The van der Waals surface area contributed by atoms with Gasteiger partial charge in [0.15, 0.2) is 0 Å². The normalized spacial score (nSPS) is 12.4. The van der Waals surface area contributed by atoms with Crippen LogP contribution in [0.4, 0.5) is 0 Å². The van der Waals surface area contributed by atoms with Crippen molar-refractivity contribution >= 4 is 0 Å². The molecule has 0 amide bonds. The Morgan fingerprint density at radius 3 is 1.85 bits per heavy atom. The van der Waals surface area contributed by atoms with Crippen molar-refractivity contribution in [1.29, 1.82) is 0 Å². The predicted octanol–water partition coefficient (Wildman–Crippen LogP) is 5.70. The predicted molar refractivity (Wildman–Crippen MR) is 105 cm³/mol. The Morgan fingerprint density at radius 2 is 1.35 bits per heavy atom. The van der Waals surface area contributed by atoms with Crippen LogP contribution in [0.15, 0.2) is 41.2 Å². The zero-order valence-corrected chi connectivity index (χ0v) is 16.7. The van der Waals surface area contributed by atoms with Crippen LogP contribution < -0.4 is 0 Å². The Bertz CT molecular complexity index is 878. The summed E-state index contributed by atoms with van der Waals surface area (Å²) in [6.45, 7) is 15.6. The number of benzene rings is 1. The van der Waals surface area contributed by atoms with E-state index in [2.05, 4.69) is 75.7 Å². The first kappa shape index (κ1) is 18.3. The minimum Gasteiger partial charge on any atom is -0.334 e. The van der Waals surface area contributed by atoms with E-state index in [0.717, 1.165) is 11.1 Å². The van der Waals surface area contributed by atoms with Gasteiger partial charge in [-0.3, -0.25) is 4.98 Å². The molecule has 4 nitrogen and oxygen atoms in total. The van der Waals surface area contributed by atoms with Gasteiger partial charge in [0.1, 0.15) is 0 Å². The topological polar surface area (TPSA) is 51.8 Å². The molecule has 0 aliphatic carbocycles. The van der Waals surface area contributed by atoms with Crippen LogP contribution >= 0.6 is 0 Å². The summed E-state index contributed by atoms with van der Waals surface area (Å²) in [5.41, 5.74) is 5.89. The van der Waals surface area contributed by atoms with Crippen LogP contribution in [0.5, 0.6) is 0 Å². The van der Waals surface area contributed by atoms with Crippen LogP contribution in [-0.4, -0.2) is 15.1 Å². The third-order valence-corrected chi connectivity index (χ3v) is 4.64. The van der Waals surface area contributed by atoms with Gasteiger partial charge in [-0.25, -0.2) is 0 Å². The molecule has 0 bridgehead atoms. The van der Waals surface area contributed by atoms with E-state index in [9.17, 15) is 0 Å². The van der Waals surface area contributed by atoms with Gasteiger partial charge >= 0.3 is 0 Å². The zero-order valence-electron chi connectivity index (χ0n) is 16.7. The molecular formula is C22H27N3O. The maximum Gasteiger partial charge on any atom is 0.258 e. The number of aromatic nitrogens is 3. The number of rotatable bonds is 2. The fourth-order valence-corrected chi connectivity index (χ4v) is 3.35. The van der Waals surface area contributed by atoms with Crippen LogP contribution in [0, 0.1) is 6.92 Å². The second-order valence-electron chi connectivity index (χ2n) is 8.86. The highest BCUT2D eigenvalue weighted by Gasteiger charge is 2.26. The molecule has 136 valence electrons. The van der Waals surface area contributed by atoms with Crippen LogP contribution in [0.3, 0.4) is 0 Å². The lowest BCUT2D eigenvalue weighted by Crippen LogP contribution is -2.19. The summed E-state index contributed by atoms with van der Waals surface area (Å²) in [7, 11) is 0. The van der Waals surface area contributed by atoms with E-state index in [1.807, 2.05) is 12.1 Å². The number of hydrogen-bond acceptors (Lipinski definition) is 4. The van der Waals surface area contributed by atoms with Crippen molar-refractivity contribution in [2.45, 2.75) is 59.3 Å². The molecule has 3 aromatic rings. The lowest BCUT2D eigenvalue weighted by atomic mass is 9.76. The van der Waals surface area contributed by atoms with Gasteiger partial charge in [-0.2, -0.15) is 4.98 Å². The molecular weight excluding hydrogens is 322 g/mol. The van der Waals surface area contributed by atoms with Crippen molar-refractivity contribution in [2.24, 2.45) is 0 Å². The summed E-state index contributed by atoms with van der Waals surface area (Å²) in [6, 6.07) is 8.14. The van der Waals surface area contributed by atoms with E-state index in [-0.39, 0.29) is 10.8 Å². The summed E-state index contributed by atoms with van der Waals surface area (Å²) in [4.78, 5) is 8.66. The molecule has 2 aromatic heterocycles. The van der Waals surface area contributed by atoms with E-state index >= 15 is 0 Å². The van der Waals surface area contributed by atoms with Gasteiger partial charge in [-0.15, -0.1) is 0 Å². The van der Waals surface area contributed by atoms with Crippen molar-refractivity contribution in [3.8, 4) is 22.8 Å². The summed E-state index contributed by atoms with van der Waals surface area (Å²) in [5, 5.41) is 4.16. The molecule has 0 unspecified atom stereocenters. The SMILES string of the molecule is Cc1c(C(C)(C)C)cc(-c2nc(-c3ccncc3)no2)cc1C(C)(C)C. The minimum absolute atomic E-state index is 0.0358. The molecule has 2 heterocycles. The zero-order chi connectivity index (χ0) is 19.1. The monoisotopic (exact) mass is 349 g/mol. The first-order valence-electron chi connectivity index (χ1n) is 8.97. The first-order valence-corrected chi connectivity index (χ1v) is 8.97. The maximum absolute atomic E-state index is 5.60. The average molecular weight is 349 g/mol. The van der Waals surface area contributed by atoms with Crippen molar-refractivity contribution in [3.05, 3.63) is 53.3 Å². The summed E-state index contributed by atoms with van der Waals surface area (Å²) >= 11 is 0. The lowest BCUT2D eigenvalue weighted by Gasteiger charge is -2.29. The van der Waals surface area contributed by atoms with Crippen LogP contribution in [0.1, 0.15) is 58.2 Å². The van der Waals surface area contributed by atoms with Crippen molar-refractivity contribution in [1.82, 2.24) is 15.1 Å². The van der Waals surface area contributed by atoms with Gasteiger partial charge in [0.2, 0.25) is 5.82 Å². The van der Waals surface area contributed by atoms with Crippen LogP contribution in [-0.2, 0) is 10.8 Å². The van der Waals surface area contributed by atoms with E-state index in [0.29, 0.717) is 11.7 Å². The van der Waals surface area contributed by atoms with Gasteiger partial charge < -0.3 is 4.52 Å². The summed E-state index contributed by atoms with van der Waals surface area (Å²) in [5.74, 6) is 1.13. The summed E-state index contributed by atoms with van der Waals surface area (Å²) in [6.07, 6.45) is 3.46. The number of hydrogen-bond donors (Lipinski definition) is 0. The number of pyridine rings is 1. The fourth-order valence-electron chi connectivity index (χ4n) is 3.35. The molecule has 0 N–H and O–H groups in total. The van der Waals surface area contributed by atoms with Crippen molar-refractivity contribution < 1.29 is 4.52 Å². The largest absolute Gasteiger partial charge is 0.334 e. The molecule has 26 heavy (non-hydrogen) atoms. The quantitative estimate of drug-likeness (QED) is 0.595. The van der Waals surface area contributed by atoms with Gasteiger partial charge in [0.25, 0.3) is 5.89 Å². The fraction of sp³-hybridized carbons (Fsp3) is 0.409. The highest BCUT2D eigenvalue weighted by Crippen LogP contribution is 2.37. The van der Waals surface area contributed by atoms with Gasteiger partial charge in [0.05, 0.1) is 0 Å². The van der Waals surface area contributed by atoms with E-state index in [1.54, 1.807) is 12.4 Å². The minimum atomic E-state index is 0.0358. The third-order valence-electron chi connectivity index (χ3n) is 4.64. The van der Waals surface area contributed by atoms with E-state index in [4.69, 9.17) is 4.52 Å². The first-order chi connectivity index (χ1) is 12.1. The van der Waals surface area contributed by atoms with Gasteiger partial charge in [-0.05, 0) is 58.7 Å². The molecule has 0 radical (unpaired) electrons. The highest BCUT2D eigenvalue weighted by atomic mass is 16.5. The second-order valence-corrected chi connectivity index (χ2v) is 8.86. The van der Waals surface area contributed by atoms with E-state index in [1.165, 1.54) is 16.7 Å². The molecule has 3 rings (SSSR count). The number of nitrogens with zero attached hydrogens (tertiary/aromatic N) is 3. The Balaban J connectivity index is 2.15. The molecule has 0 saturated heterocycles. The van der Waals surface area contributed by atoms with Crippen LogP contribution in [0.25, 0.3) is 22.8 Å². The molecule has 0 spiro atoms. The van der Waals surface area contributed by atoms with Gasteiger partial charge in [0, 0.05) is 23.5 Å². The van der Waals surface area contributed by atoms with Crippen molar-refractivity contribution in [2.75, 3.05) is 0 Å². The Kier molecular flexibility index (Phi) is 4.47. The molecule has 0 saturated carbocycles. The second kappa shape index (κ2) is 6.35. The lowest BCUT2D eigenvalue weighted by molar-refractivity contribution is 0.432. The Hall–Kier alpha value is -2.49. The average Bonchev–Trinajstić information content (AvgIpc) is 3.03. The molecule has 0 fully saturated rings. The Labute approximate surface area is 155 Å². The maximum atomic E-state index is 5.60. The smallest absolute Gasteiger partial charge is 0.258 e. The third kappa shape index (κ3) is 3.55. The summed E-state index contributed by atoms with van der Waals surface area (Å²) < 4.78 is 5.60. The van der Waals surface area contributed by atoms with Crippen molar-refractivity contribution in [3.63, 3.8) is 0 Å². The molecule has 1 aromatic carbocycles. The Morgan fingerprint density at radius 1 is 0.808 bits per heavy atom. The molecule has 0 aliphatic rings. The molecule has 0 atom stereocenters. The van der Waals surface area contributed by atoms with E-state index < -0.39 is 0 Å². The molecule has 4 heteroatoms. The van der Waals surface area contributed by atoms with Gasteiger partial charge in [-0.1, -0.05) is 46.7 Å².